The van der Waals surface area contributed by atoms with Gasteiger partial charge >= 0.3 is 0 Å². The monoisotopic (exact) mass is 243 g/mol. The van der Waals surface area contributed by atoms with Gasteiger partial charge in [-0.1, -0.05) is 19.9 Å². The Labute approximate surface area is 107 Å². The van der Waals surface area contributed by atoms with Gasteiger partial charge in [0.25, 0.3) is 0 Å². The van der Waals surface area contributed by atoms with Crippen molar-refractivity contribution >= 4 is 0 Å². The third-order valence-electron chi connectivity index (χ3n) is 2.84. The predicted molar refractivity (Wildman–Crippen MR) is 70.0 cm³/mol. The SMILES string of the molecule is Cc1cccnc1-c1ncc(CO)c(C(C)C)n1. The number of rotatable bonds is 3. The fourth-order valence-corrected chi connectivity index (χ4v) is 1.88. The summed E-state index contributed by atoms with van der Waals surface area (Å²) in [4.78, 5) is 13.1. The van der Waals surface area contributed by atoms with Crippen LogP contribution in [0, 0.1) is 6.92 Å². The average molecular weight is 243 g/mol. The molecule has 1 N–H and O–H groups in total. The standard InChI is InChI=1S/C14H17N3O/c1-9(2)12-11(8-18)7-16-14(17-12)13-10(3)5-4-6-15-13/h4-7,9,18H,8H2,1-3H3. The van der Waals surface area contributed by atoms with Crippen molar-refractivity contribution in [3.8, 4) is 11.5 Å². The Bertz CT molecular complexity index is 552. The predicted octanol–water partition coefficient (Wildman–Crippen LogP) is 2.46. The molecular weight excluding hydrogens is 226 g/mol. The summed E-state index contributed by atoms with van der Waals surface area (Å²) in [6, 6.07) is 3.88. The summed E-state index contributed by atoms with van der Waals surface area (Å²) < 4.78 is 0. The molecule has 0 aliphatic heterocycles. The number of hydrogen-bond acceptors (Lipinski definition) is 4. The fourth-order valence-electron chi connectivity index (χ4n) is 1.88. The summed E-state index contributed by atoms with van der Waals surface area (Å²) in [5, 5.41) is 9.29. The maximum atomic E-state index is 9.29. The summed E-state index contributed by atoms with van der Waals surface area (Å²) in [5.74, 6) is 0.868. The van der Waals surface area contributed by atoms with Gasteiger partial charge in [0.05, 0.1) is 12.3 Å². The van der Waals surface area contributed by atoms with E-state index in [2.05, 4.69) is 28.8 Å². The zero-order valence-corrected chi connectivity index (χ0v) is 10.9. The zero-order chi connectivity index (χ0) is 13.1. The Morgan fingerprint density at radius 2 is 2.06 bits per heavy atom. The van der Waals surface area contributed by atoms with Crippen LogP contribution in [0.25, 0.3) is 11.5 Å². The molecule has 2 aromatic heterocycles. The number of nitrogens with zero attached hydrogens (tertiary/aromatic N) is 3. The molecule has 0 saturated heterocycles. The first-order chi connectivity index (χ1) is 8.63. The molecule has 0 radical (unpaired) electrons. The van der Waals surface area contributed by atoms with Crippen molar-refractivity contribution in [3.05, 3.63) is 41.3 Å². The third kappa shape index (κ3) is 2.38. The molecule has 4 nitrogen and oxygen atoms in total. The summed E-state index contributed by atoms with van der Waals surface area (Å²) in [5.41, 5.74) is 3.50. The van der Waals surface area contributed by atoms with Crippen molar-refractivity contribution in [2.75, 3.05) is 0 Å². The highest BCUT2D eigenvalue weighted by Crippen LogP contribution is 2.22. The number of aliphatic hydroxyl groups excluding tert-OH is 1. The van der Waals surface area contributed by atoms with Gasteiger partial charge < -0.3 is 5.11 Å². The van der Waals surface area contributed by atoms with Crippen LogP contribution in [0.4, 0.5) is 0 Å². The summed E-state index contributed by atoms with van der Waals surface area (Å²) >= 11 is 0. The first kappa shape index (κ1) is 12.6. The molecule has 2 heterocycles. The van der Waals surface area contributed by atoms with Gasteiger partial charge in [0, 0.05) is 18.0 Å². The van der Waals surface area contributed by atoms with Gasteiger partial charge in [0.1, 0.15) is 5.69 Å². The Morgan fingerprint density at radius 3 is 2.67 bits per heavy atom. The van der Waals surface area contributed by atoms with Crippen LogP contribution in [0.15, 0.2) is 24.5 Å². The Kier molecular flexibility index (Phi) is 3.67. The molecule has 18 heavy (non-hydrogen) atoms. The molecule has 0 aliphatic carbocycles. The van der Waals surface area contributed by atoms with E-state index in [1.165, 1.54) is 0 Å². The van der Waals surface area contributed by atoms with E-state index in [-0.39, 0.29) is 12.5 Å². The number of pyridine rings is 1. The summed E-state index contributed by atoms with van der Waals surface area (Å²) in [7, 11) is 0. The zero-order valence-electron chi connectivity index (χ0n) is 10.9. The van der Waals surface area contributed by atoms with Crippen molar-refractivity contribution < 1.29 is 5.11 Å². The number of aryl methyl sites for hydroxylation is 1. The van der Waals surface area contributed by atoms with Crippen LogP contribution < -0.4 is 0 Å². The third-order valence-corrected chi connectivity index (χ3v) is 2.84. The molecule has 0 unspecified atom stereocenters. The Hall–Kier alpha value is -1.81. The smallest absolute Gasteiger partial charge is 0.178 e. The van der Waals surface area contributed by atoms with Gasteiger partial charge in [0.2, 0.25) is 0 Å². The molecule has 0 amide bonds. The number of aliphatic hydroxyl groups is 1. The van der Waals surface area contributed by atoms with E-state index in [4.69, 9.17) is 0 Å². The summed E-state index contributed by atoms with van der Waals surface area (Å²) in [6.07, 6.45) is 3.42. The van der Waals surface area contributed by atoms with E-state index in [0.717, 1.165) is 22.5 Å². The number of aromatic nitrogens is 3. The quantitative estimate of drug-likeness (QED) is 0.899. The van der Waals surface area contributed by atoms with E-state index in [0.29, 0.717) is 5.82 Å². The summed E-state index contributed by atoms with van der Waals surface area (Å²) in [6.45, 7) is 6.06. The van der Waals surface area contributed by atoms with Gasteiger partial charge in [0.15, 0.2) is 5.82 Å². The first-order valence-electron chi connectivity index (χ1n) is 6.02. The van der Waals surface area contributed by atoms with Gasteiger partial charge in [-0.15, -0.1) is 0 Å². The molecular formula is C14H17N3O. The molecule has 2 rings (SSSR count). The molecule has 0 aromatic carbocycles. The minimum Gasteiger partial charge on any atom is -0.392 e. The van der Waals surface area contributed by atoms with E-state index >= 15 is 0 Å². The highest BCUT2D eigenvalue weighted by molar-refractivity contribution is 5.54. The minimum atomic E-state index is -0.0327. The Balaban J connectivity index is 2.54. The van der Waals surface area contributed by atoms with Gasteiger partial charge in [-0.25, -0.2) is 9.97 Å². The molecule has 4 heteroatoms. The van der Waals surface area contributed by atoms with Gasteiger partial charge in [-0.3, -0.25) is 4.98 Å². The van der Waals surface area contributed by atoms with Crippen LogP contribution in [-0.2, 0) is 6.61 Å². The fraction of sp³-hybridized carbons (Fsp3) is 0.357. The lowest BCUT2D eigenvalue weighted by atomic mass is 10.1. The molecule has 0 saturated carbocycles. The normalized spacial score (nSPS) is 10.9. The van der Waals surface area contributed by atoms with E-state index < -0.39 is 0 Å². The average Bonchev–Trinajstić information content (AvgIpc) is 2.38. The van der Waals surface area contributed by atoms with Crippen LogP contribution in [-0.4, -0.2) is 20.1 Å². The second-order valence-electron chi connectivity index (χ2n) is 4.59. The lowest BCUT2D eigenvalue weighted by molar-refractivity contribution is 0.279. The molecule has 0 aliphatic rings. The number of hydrogen-bond donors (Lipinski definition) is 1. The van der Waals surface area contributed by atoms with Crippen LogP contribution in [0.3, 0.4) is 0 Å². The van der Waals surface area contributed by atoms with Gasteiger partial charge in [-0.2, -0.15) is 0 Å². The van der Waals surface area contributed by atoms with E-state index in [1.807, 2.05) is 19.1 Å². The van der Waals surface area contributed by atoms with Crippen LogP contribution in [0.1, 0.15) is 36.6 Å². The van der Waals surface area contributed by atoms with Crippen LogP contribution in [0.5, 0.6) is 0 Å². The van der Waals surface area contributed by atoms with Crippen molar-refractivity contribution in [2.45, 2.75) is 33.3 Å². The molecule has 0 spiro atoms. The lowest BCUT2D eigenvalue weighted by Gasteiger charge is -2.11. The highest BCUT2D eigenvalue weighted by atomic mass is 16.3. The van der Waals surface area contributed by atoms with Crippen LogP contribution >= 0.6 is 0 Å². The Morgan fingerprint density at radius 1 is 1.28 bits per heavy atom. The molecule has 2 aromatic rings. The van der Waals surface area contributed by atoms with E-state index in [1.54, 1.807) is 12.4 Å². The molecule has 0 fully saturated rings. The maximum Gasteiger partial charge on any atom is 0.178 e. The molecule has 94 valence electrons. The largest absolute Gasteiger partial charge is 0.392 e. The highest BCUT2D eigenvalue weighted by Gasteiger charge is 2.13. The van der Waals surface area contributed by atoms with Crippen LogP contribution in [0.2, 0.25) is 0 Å². The van der Waals surface area contributed by atoms with Crippen molar-refractivity contribution in [1.82, 2.24) is 15.0 Å². The molecule has 0 bridgehead atoms. The topological polar surface area (TPSA) is 58.9 Å². The lowest BCUT2D eigenvalue weighted by Crippen LogP contribution is -2.05. The van der Waals surface area contributed by atoms with Crippen molar-refractivity contribution in [1.29, 1.82) is 0 Å². The first-order valence-corrected chi connectivity index (χ1v) is 6.02. The van der Waals surface area contributed by atoms with E-state index in [9.17, 15) is 5.11 Å². The molecule has 0 atom stereocenters. The van der Waals surface area contributed by atoms with Crippen molar-refractivity contribution in [3.63, 3.8) is 0 Å². The maximum absolute atomic E-state index is 9.29. The second kappa shape index (κ2) is 5.23. The van der Waals surface area contributed by atoms with Gasteiger partial charge in [-0.05, 0) is 24.5 Å². The minimum absolute atomic E-state index is 0.0327. The van der Waals surface area contributed by atoms with Crippen molar-refractivity contribution in [2.24, 2.45) is 0 Å². The second-order valence-corrected chi connectivity index (χ2v) is 4.59.